The molecule has 0 aliphatic heterocycles. The van der Waals surface area contributed by atoms with E-state index in [2.05, 4.69) is 5.32 Å². The number of pyridine rings is 1. The van der Waals surface area contributed by atoms with Crippen LogP contribution >= 0.6 is 0 Å². The predicted octanol–water partition coefficient (Wildman–Crippen LogP) is 4.66. The Morgan fingerprint density at radius 2 is 1.70 bits per heavy atom. The van der Waals surface area contributed by atoms with Gasteiger partial charge in [0, 0.05) is 17.4 Å². The Kier molecular flexibility index (Phi) is 5.06. The van der Waals surface area contributed by atoms with Crippen LogP contribution in [-0.2, 0) is 4.74 Å². The van der Waals surface area contributed by atoms with Crippen LogP contribution in [0.5, 0.6) is 0 Å². The Hall–Kier alpha value is -3.93. The number of fused-ring (bicyclic) bond motifs is 1. The molecule has 0 aliphatic carbocycles. The average Bonchev–Trinajstić information content (AvgIpc) is 3.12. The number of aryl methyl sites for hydroxylation is 2. The Labute approximate surface area is 174 Å². The van der Waals surface area contributed by atoms with Crippen LogP contribution in [0.2, 0.25) is 0 Å². The number of benzene rings is 2. The van der Waals surface area contributed by atoms with Gasteiger partial charge in [0.1, 0.15) is 17.0 Å². The van der Waals surface area contributed by atoms with Crippen LogP contribution in [0.15, 0.2) is 66.9 Å². The summed E-state index contributed by atoms with van der Waals surface area (Å²) in [7, 11) is 1.32. The molecule has 0 saturated heterocycles. The molecule has 1 amide bonds. The van der Waals surface area contributed by atoms with Crippen molar-refractivity contribution < 1.29 is 14.3 Å². The lowest BCUT2D eigenvalue weighted by molar-refractivity contribution is 0.0600. The van der Waals surface area contributed by atoms with Gasteiger partial charge < -0.3 is 10.1 Å². The van der Waals surface area contributed by atoms with E-state index >= 15 is 0 Å². The van der Waals surface area contributed by atoms with Gasteiger partial charge in [0.25, 0.3) is 5.91 Å². The number of amides is 1. The second kappa shape index (κ2) is 7.83. The van der Waals surface area contributed by atoms with E-state index in [-0.39, 0.29) is 5.91 Å². The van der Waals surface area contributed by atoms with Gasteiger partial charge in [-0.15, -0.1) is 0 Å². The van der Waals surface area contributed by atoms with Gasteiger partial charge in [-0.25, -0.2) is 9.78 Å². The van der Waals surface area contributed by atoms with Gasteiger partial charge in [0.15, 0.2) is 0 Å². The summed E-state index contributed by atoms with van der Waals surface area (Å²) >= 11 is 0. The molecule has 0 bridgehead atoms. The van der Waals surface area contributed by atoms with Crippen LogP contribution in [0, 0.1) is 13.8 Å². The van der Waals surface area contributed by atoms with Crippen molar-refractivity contribution in [1.29, 1.82) is 0 Å². The fraction of sp³-hybridized carbons (Fsp3) is 0.125. The van der Waals surface area contributed by atoms with Crippen LogP contribution in [0.25, 0.3) is 16.9 Å². The van der Waals surface area contributed by atoms with Gasteiger partial charge in [-0.05, 0) is 43.7 Å². The first-order valence-corrected chi connectivity index (χ1v) is 9.52. The third-order valence-corrected chi connectivity index (χ3v) is 4.85. The molecule has 1 N–H and O–H groups in total. The summed E-state index contributed by atoms with van der Waals surface area (Å²) < 4.78 is 6.56. The molecule has 0 spiro atoms. The lowest BCUT2D eigenvalue weighted by Crippen LogP contribution is -2.16. The molecule has 0 unspecified atom stereocenters. The quantitative estimate of drug-likeness (QED) is 0.507. The zero-order valence-electron chi connectivity index (χ0n) is 17.0. The van der Waals surface area contributed by atoms with Crippen LogP contribution in [0.1, 0.15) is 32.0 Å². The van der Waals surface area contributed by atoms with E-state index in [0.717, 1.165) is 16.7 Å². The number of methoxy groups -OCH3 is 1. The molecule has 0 saturated carbocycles. The highest BCUT2D eigenvalue weighted by Crippen LogP contribution is 2.26. The smallest absolute Gasteiger partial charge is 0.337 e. The standard InChI is InChI=1S/C24H21N3O3/c1-15-7-10-17(11-8-15)21-22(27-14-16(2)9-12-20(27)26-21)23(28)25-19-6-4-5-18(13-19)24(29)30-3/h4-14H,1-3H3,(H,25,28). The number of nitrogens with one attached hydrogen (secondary N) is 1. The van der Waals surface area contributed by atoms with E-state index in [9.17, 15) is 9.59 Å². The number of hydrogen-bond acceptors (Lipinski definition) is 4. The molecule has 4 aromatic rings. The van der Waals surface area contributed by atoms with E-state index in [1.54, 1.807) is 28.7 Å². The van der Waals surface area contributed by atoms with E-state index in [1.807, 2.05) is 56.4 Å². The molecule has 6 heteroatoms. The lowest BCUT2D eigenvalue weighted by Gasteiger charge is -2.09. The highest BCUT2D eigenvalue weighted by atomic mass is 16.5. The number of carbonyl (C=O) groups is 2. The molecule has 0 aliphatic rings. The fourth-order valence-corrected chi connectivity index (χ4v) is 3.31. The van der Waals surface area contributed by atoms with Crippen molar-refractivity contribution in [2.45, 2.75) is 13.8 Å². The molecule has 2 aromatic carbocycles. The maximum absolute atomic E-state index is 13.3. The van der Waals surface area contributed by atoms with Crippen molar-refractivity contribution in [2.75, 3.05) is 12.4 Å². The van der Waals surface area contributed by atoms with Crippen molar-refractivity contribution >= 4 is 23.2 Å². The third kappa shape index (κ3) is 3.67. The summed E-state index contributed by atoms with van der Waals surface area (Å²) in [5.41, 5.74) is 5.58. The van der Waals surface area contributed by atoms with Crippen molar-refractivity contribution in [2.24, 2.45) is 0 Å². The minimum Gasteiger partial charge on any atom is -0.465 e. The van der Waals surface area contributed by atoms with Crippen LogP contribution in [0.4, 0.5) is 5.69 Å². The summed E-state index contributed by atoms with van der Waals surface area (Å²) in [5, 5.41) is 2.89. The zero-order valence-corrected chi connectivity index (χ0v) is 17.0. The van der Waals surface area contributed by atoms with Gasteiger partial charge >= 0.3 is 5.97 Å². The molecule has 0 fully saturated rings. The minimum absolute atomic E-state index is 0.314. The maximum atomic E-state index is 13.3. The van der Waals surface area contributed by atoms with Crippen LogP contribution in [-0.4, -0.2) is 28.4 Å². The summed E-state index contributed by atoms with van der Waals surface area (Å²) in [6, 6.07) is 18.4. The predicted molar refractivity (Wildman–Crippen MR) is 116 cm³/mol. The van der Waals surface area contributed by atoms with Crippen molar-refractivity contribution in [1.82, 2.24) is 9.38 Å². The molecule has 30 heavy (non-hydrogen) atoms. The van der Waals surface area contributed by atoms with Gasteiger partial charge in [0.05, 0.1) is 12.7 Å². The molecule has 6 nitrogen and oxygen atoms in total. The lowest BCUT2D eigenvalue weighted by atomic mass is 10.1. The average molecular weight is 399 g/mol. The second-order valence-electron chi connectivity index (χ2n) is 7.14. The number of esters is 1. The minimum atomic E-state index is -0.461. The van der Waals surface area contributed by atoms with Crippen molar-refractivity contribution in [3.63, 3.8) is 0 Å². The highest BCUT2D eigenvalue weighted by molar-refractivity contribution is 6.08. The topological polar surface area (TPSA) is 72.7 Å². The third-order valence-electron chi connectivity index (χ3n) is 4.85. The fourth-order valence-electron chi connectivity index (χ4n) is 3.31. The normalized spacial score (nSPS) is 10.8. The summed E-state index contributed by atoms with van der Waals surface area (Å²) in [6.07, 6.45) is 1.89. The summed E-state index contributed by atoms with van der Waals surface area (Å²) in [4.78, 5) is 29.8. The first kappa shape index (κ1) is 19.4. The Bertz CT molecular complexity index is 1260. The molecule has 2 heterocycles. The molecule has 0 atom stereocenters. The van der Waals surface area contributed by atoms with Crippen molar-refractivity contribution in [3.05, 3.63) is 89.2 Å². The van der Waals surface area contributed by atoms with Crippen LogP contribution in [0.3, 0.4) is 0 Å². The van der Waals surface area contributed by atoms with Gasteiger partial charge in [-0.2, -0.15) is 0 Å². The van der Waals surface area contributed by atoms with Crippen molar-refractivity contribution in [3.8, 4) is 11.3 Å². The molecule has 0 radical (unpaired) electrons. The number of carbonyl (C=O) groups excluding carboxylic acids is 2. The highest BCUT2D eigenvalue weighted by Gasteiger charge is 2.21. The first-order valence-electron chi connectivity index (χ1n) is 9.52. The summed E-state index contributed by atoms with van der Waals surface area (Å²) in [6.45, 7) is 3.98. The summed E-state index contributed by atoms with van der Waals surface area (Å²) in [5.74, 6) is -0.775. The van der Waals surface area contributed by atoms with E-state index < -0.39 is 5.97 Å². The van der Waals surface area contributed by atoms with Gasteiger partial charge in [-0.3, -0.25) is 9.20 Å². The van der Waals surface area contributed by atoms with E-state index in [4.69, 9.17) is 9.72 Å². The number of anilines is 1. The molecule has 2 aromatic heterocycles. The number of nitrogens with zero attached hydrogens (tertiary/aromatic N) is 2. The van der Waals surface area contributed by atoms with Gasteiger partial charge in [-0.1, -0.05) is 42.0 Å². The van der Waals surface area contributed by atoms with Gasteiger partial charge in [0.2, 0.25) is 0 Å². The Morgan fingerprint density at radius 1 is 0.967 bits per heavy atom. The van der Waals surface area contributed by atoms with Crippen LogP contribution < -0.4 is 5.32 Å². The first-order chi connectivity index (χ1) is 14.5. The number of rotatable bonds is 4. The number of hydrogen-bond donors (Lipinski definition) is 1. The molecule has 150 valence electrons. The van der Waals surface area contributed by atoms with E-state index in [1.165, 1.54) is 7.11 Å². The number of aromatic nitrogens is 2. The largest absolute Gasteiger partial charge is 0.465 e. The number of ether oxygens (including phenoxy) is 1. The Balaban J connectivity index is 1.80. The molecule has 4 rings (SSSR count). The number of imidazole rings is 1. The molecular formula is C24H21N3O3. The SMILES string of the molecule is COC(=O)c1cccc(NC(=O)c2c(-c3ccc(C)cc3)nc3ccc(C)cn23)c1. The zero-order chi connectivity index (χ0) is 21.3. The second-order valence-corrected chi connectivity index (χ2v) is 7.14. The Morgan fingerprint density at radius 3 is 2.43 bits per heavy atom. The molecular weight excluding hydrogens is 378 g/mol. The van der Waals surface area contributed by atoms with E-state index in [0.29, 0.717) is 28.3 Å². The maximum Gasteiger partial charge on any atom is 0.337 e. The monoisotopic (exact) mass is 399 g/mol.